The Bertz CT molecular complexity index is 281. The van der Waals surface area contributed by atoms with E-state index in [-0.39, 0.29) is 12.4 Å². The van der Waals surface area contributed by atoms with Crippen molar-refractivity contribution in [3.05, 3.63) is 35.9 Å². The van der Waals surface area contributed by atoms with Crippen LogP contribution in [0.2, 0.25) is 0 Å². The van der Waals surface area contributed by atoms with Crippen LogP contribution in [0.4, 0.5) is 0 Å². The molecular formula is C11H16ClN. The van der Waals surface area contributed by atoms with Crippen LogP contribution in [0, 0.1) is 5.41 Å². The summed E-state index contributed by atoms with van der Waals surface area (Å²) in [4.78, 5) is 0. The van der Waals surface area contributed by atoms with Gasteiger partial charge in [-0.05, 0) is 11.0 Å². The van der Waals surface area contributed by atoms with Gasteiger partial charge in [0.1, 0.15) is 0 Å². The van der Waals surface area contributed by atoms with E-state index in [9.17, 15) is 0 Å². The average molecular weight is 198 g/mol. The third-order valence-corrected chi connectivity index (χ3v) is 3.07. The molecule has 0 spiro atoms. The number of benzene rings is 1. The maximum absolute atomic E-state index is 5.98. The molecule has 1 aromatic rings. The number of hydrogen-bond acceptors (Lipinski definition) is 1. The maximum Gasteiger partial charge on any atom is 0.0172 e. The van der Waals surface area contributed by atoms with Crippen LogP contribution in [0.25, 0.3) is 0 Å². The Morgan fingerprint density at radius 1 is 1.15 bits per heavy atom. The second-order valence-corrected chi connectivity index (χ2v) is 4.24. The number of hydrogen-bond donors (Lipinski definition) is 1. The fraction of sp³-hybridized carbons (Fsp3) is 0.455. The van der Waals surface area contributed by atoms with E-state index < -0.39 is 0 Å². The molecule has 2 atom stereocenters. The molecule has 1 aliphatic carbocycles. The van der Waals surface area contributed by atoms with Gasteiger partial charge >= 0.3 is 0 Å². The summed E-state index contributed by atoms with van der Waals surface area (Å²) < 4.78 is 0. The molecule has 0 amide bonds. The normalized spacial score (nSPS) is 29.2. The van der Waals surface area contributed by atoms with Gasteiger partial charge in [0.05, 0.1) is 0 Å². The Labute approximate surface area is 85.7 Å². The van der Waals surface area contributed by atoms with Gasteiger partial charge in [0, 0.05) is 12.0 Å². The minimum atomic E-state index is 0. The van der Waals surface area contributed by atoms with E-state index in [0.29, 0.717) is 17.4 Å². The zero-order valence-corrected chi connectivity index (χ0v) is 8.84. The standard InChI is InChI=1S/C11H15N.ClH/c1-11(2)9(10(11)12)8-6-4-3-5-7-8;/h3-7,9-10H,12H2,1-2H3;1H/t9-,10-;/m1./s1. The number of rotatable bonds is 1. The molecule has 2 rings (SSSR count). The van der Waals surface area contributed by atoms with Crippen LogP contribution in [0.1, 0.15) is 25.3 Å². The Hall–Kier alpha value is -0.530. The molecule has 72 valence electrons. The maximum atomic E-state index is 5.98. The predicted molar refractivity (Wildman–Crippen MR) is 58.2 cm³/mol. The molecule has 2 heteroatoms. The van der Waals surface area contributed by atoms with Crippen LogP contribution in [0.5, 0.6) is 0 Å². The molecular weight excluding hydrogens is 182 g/mol. The monoisotopic (exact) mass is 197 g/mol. The first-order valence-corrected chi connectivity index (χ1v) is 4.44. The Balaban J connectivity index is 0.000000845. The molecule has 0 aliphatic heterocycles. The molecule has 0 radical (unpaired) electrons. The molecule has 1 aliphatic rings. The zero-order chi connectivity index (χ0) is 8.77. The lowest BCUT2D eigenvalue weighted by Crippen LogP contribution is -2.06. The van der Waals surface area contributed by atoms with Gasteiger partial charge in [-0.1, -0.05) is 44.2 Å². The van der Waals surface area contributed by atoms with Crippen molar-refractivity contribution >= 4 is 12.4 Å². The summed E-state index contributed by atoms with van der Waals surface area (Å²) in [6, 6.07) is 10.9. The third kappa shape index (κ3) is 1.59. The minimum absolute atomic E-state index is 0. The minimum Gasteiger partial charge on any atom is -0.327 e. The van der Waals surface area contributed by atoms with E-state index in [4.69, 9.17) is 5.73 Å². The molecule has 0 saturated heterocycles. The van der Waals surface area contributed by atoms with Crippen molar-refractivity contribution < 1.29 is 0 Å². The molecule has 1 fully saturated rings. The first-order chi connectivity index (χ1) is 5.64. The topological polar surface area (TPSA) is 26.0 Å². The highest BCUT2D eigenvalue weighted by molar-refractivity contribution is 5.85. The Morgan fingerprint density at radius 2 is 1.62 bits per heavy atom. The van der Waals surface area contributed by atoms with Crippen molar-refractivity contribution in [1.29, 1.82) is 0 Å². The summed E-state index contributed by atoms with van der Waals surface area (Å²) in [7, 11) is 0. The van der Waals surface area contributed by atoms with Crippen molar-refractivity contribution in [1.82, 2.24) is 0 Å². The summed E-state index contributed by atoms with van der Waals surface area (Å²) in [6.45, 7) is 4.46. The Morgan fingerprint density at radius 3 is 2.00 bits per heavy atom. The highest BCUT2D eigenvalue weighted by Gasteiger charge is 2.55. The van der Waals surface area contributed by atoms with Gasteiger partial charge in [0.2, 0.25) is 0 Å². The first kappa shape index (κ1) is 10.6. The van der Waals surface area contributed by atoms with Gasteiger partial charge < -0.3 is 5.73 Å². The smallest absolute Gasteiger partial charge is 0.0172 e. The Kier molecular flexibility index (Phi) is 2.69. The fourth-order valence-electron chi connectivity index (χ4n) is 1.97. The van der Waals surface area contributed by atoms with Gasteiger partial charge in [0.25, 0.3) is 0 Å². The van der Waals surface area contributed by atoms with Crippen LogP contribution in [-0.2, 0) is 0 Å². The molecule has 0 unspecified atom stereocenters. The molecule has 0 heterocycles. The van der Waals surface area contributed by atoms with E-state index in [0.717, 1.165) is 0 Å². The molecule has 1 saturated carbocycles. The summed E-state index contributed by atoms with van der Waals surface area (Å²) in [5.41, 5.74) is 7.67. The van der Waals surface area contributed by atoms with Crippen LogP contribution in [0.15, 0.2) is 30.3 Å². The second-order valence-electron chi connectivity index (χ2n) is 4.24. The molecule has 13 heavy (non-hydrogen) atoms. The molecule has 1 aromatic carbocycles. The van der Waals surface area contributed by atoms with Gasteiger partial charge in [-0.3, -0.25) is 0 Å². The third-order valence-electron chi connectivity index (χ3n) is 3.07. The van der Waals surface area contributed by atoms with Gasteiger partial charge in [0.15, 0.2) is 0 Å². The lowest BCUT2D eigenvalue weighted by molar-refractivity contribution is 0.599. The molecule has 0 bridgehead atoms. The van der Waals surface area contributed by atoms with Crippen molar-refractivity contribution in [2.24, 2.45) is 11.1 Å². The second kappa shape index (κ2) is 3.32. The SMILES string of the molecule is CC1(C)[C@H](N)[C@H]1c1ccccc1.Cl. The van der Waals surface area contributed by atoms with Crippen molar-refractivity contribution in [2.45, 2.75) is 25.8 Å². The fourth-order valence-corrected chi connectivity index (χ4v) is 1.97. The van der Waals surface area contributed by atoms with Crippen molar-refractivity contribution in [2.75, 3.05) is 0 Å². The average Bonchev–Trinajstić information content (AvgIpc) is 2.53. The van der Waals surface area contributed by atoms with E-state index >= 15 is 0 Å². The molecule has 2 N–H and O–H groups in total. The highest BCUT2D eigenvalue weighted by Crippen LogP contribution is 2.57. The number of nitrogens with two attached hydrogens (primary N) is 1. The number of halogens is 1. The van der Waals surface area contributed by atoms with Crippen molar-refractivity contribution in [3.8, 4) is 0 Å². The summed E-state index contributed by atoms with van der Waals surface area (Å²) >= 11 is 0. The van der Waals surface area contributed by atoms with Gasteiger partial charge in [-0.25, -0.2) is 0 Å². The van der Waals surface area contributed by atoms with Gasteiger partial charge in [-0.2, -0.15) is 0 Å². The summed E-state index contributed by atoms with van der Waals surface area (Å²) in [6.07, 6.45) is 0. The highest BCUT2D eigenvalue weighted by atomic mass is 35.5. The lowest BCUT2D eigenvalue weighted by atomic mass is 10.0. The zero-order valence-electron chi connectivity index (χ0n) is 8.03. The van der Waals surface area contributed by atoms with Crippen molar-refractivity contribution in [3.63, 3.8) is 0 Å². The first-order valence-electron chi connectivity index (χ1n) is 4.44. The van der Waals surface area contributed by atoms with E-state index in [1.165, 1.54) is 5.56 Å². The van der Waals surface area contributed by atoms with E-state index in [1.807, 2.05) is 6.07 Å². The summed E-state index contributed by atoms with van der Waals surface area (Å²) in [5, 5.41) is 0. The van der Waals surface area contributed by atoms with Crippen LogP contribution < -0.4 is 5.73 Å². The summed E-state index contributed by atoms with van der Waals surface area (Å²) in [5.74, 6) is 0.568. The predicted octanol–water partition coefficient (Wildman–Crippen LogP) is 2.56. The van der Waals surface area contributed by atoms with Crippen LogP contribution in [0.3, 0.4) is 0 Å². The lowest BCUT2D eigenvalue weighted by Gasteiger charge is -2.01. The van der Waals surface area contributed by atoms with Crippen LogP contribution >= 0.6 is 12.4 Å². The van der Waals surface area contributed by atoms with Crippen LogP contribution in [-0.4, -0.2) is 6.04 Å². The van der Waals surface area contributed by atoms with Gasteiger partial charge in [-0.15, -0.1) is 12.4 Å². The van der Waals surface area contributed by atoms with E-state index in [2.05, 4.69) is 38.1 Å². The largest absolute Gasteiger partial charge is 0.327 e. The van der Waals surface area contributed by atoms with E-state index in [1.54, 1.807) is 0 Å². The quantitative estimate of drug-likeness (QED) is 0.736. The molecule has 1 nitrogen and oxygen atoms in total. The molecule has 0 aromatic heterocycles.